The van der Waals surface area contributed by atoms with E-state index < -0.39 is 0 Å². The number of aromatic nitrogens is 3. The molecule has 0 amide bonds. The van der Waals surface area contributed by atoms with Crippen LogP contribution in [0.3, 0.4) is 0 Å². The fraction of sp³-hybridized carbons (Fsp3) is 0.167. The first-order chi connectivity index (χ1) is 12.0. The zero-order valence-corrected chi connectivity index (χ0v) is 16.3. The van der Waals surface area contributed by atoms with Crippen LogP contribution in [-0.2, 0) is 0 Å². The number of aryl methyl sites for hydroxylation is 1. The second-order valence-electron chi connectivity index (χ2n) is 6.04. The topological polar surface area (TPSA) is 51.0 Å². The summed E-state index contributed by atoms with van der Waals surface area (Å²) in [4.78, 5) is 24.9. The van der Waals surface area contributed by atoms with Gasteiger partial charge < -0.3 is 4.90 Å². The van der Waals surface area contributed by atoms with Crippen LogP contribution in [0.25, 0.3) is 26.1 Å². The molecular weight excluding hydrogens is 400 g/mol. The Morgan fingerprint density at radius 1 is 1.20 bits per heavy atom. The zero-order valence-electron chi connectivity index (χ0n) is 13.9. The van der Waals surface area contributed by atoms with Crippen molar-refractivity contribution in [2.24, 2.45) is 0 Å². The van der Waals surface area contributed by atoms with Crippen LogP contribution < -0.4 is 10.5 Å². The van der Waals surface area contributed by atoms with Gasteiger partial charge in [-0.25, -0.2) is 9.97 Å². The third kappa shape index (κ3) is 2.54. The van der Waals surface area contributed by atoms with E-state index in [-0.39, 0.29) is 5.56 Å². The van der Waals surface area contributed by atoms with Crippen LogP contribution in [0.15, 0.2) is 46.1 Å². The Hall–Kier alpha value is -2.25. The molecule has 0 N–H and O–H groups in total. The van der Waals surface area contributed by atoms with Crippen molar-refractivity contribution in [2.45, 2.75) is 6.92 Å². The van der Waals surface area contributed by atoms with E-state index in [9.17, 15) is 4.79 Å². The fourth-order valence-corrected chi connectivity index (χ4v) is 4.17. The largest absolute Gasteiger partial charge is 0.377 e. The smallest absolute Gasteiger partial charge is 0.275 e. The maximum Gasteiger partial charge on any atom is 0.275 e. The Balaban J connectivity index is 2.03. The van der Waals surface area contributed by atoms with Crippen LogP contribution in [0.1, 0.15) is 5.56 Å². The third-order valence-corrected chi connectivity index (χ3v) is 6.13. The lowest BCUT2D eigenvalue weighted by atomic mass is 10.2. The molecule has 126 valence electrons. The molecule has 0 fully saturated rings. The van der Waals surface area contributed by atoms with E-state index >= 15 is 0 Å². The molecule has 0 aliphatic carbocycles. The minimum atomic E-state index is -0.0700. The van der Waals surface area contributed by atoms with Gasteiger partial charge in [0.15, 0.2) is 0 Å². The van der Waals surface area contributed by atoms with Crippen LogP contribution in [0.2, 0.25) is 0 Å². The second-order valence-corrected chi connectivity index (χ2v) is 7.89. The summed E-state index contributed by atoms with van der Waals surface area (Å²) in [5.41, 5.74) is 3.53. The molecule has 25 heavy (non-hydrogen) atoms. The molecule has 0 aliphatic heterocycles. The van der Waals surface area contributed by atoms with Gasteiger partial charge in [-0.05, 0) is 36.8 Å². The average molecular weight is 415 g/mol. The predicted octanol–water partition coefficient (Wildman–Crippen LogP) is 4.13. The molecule has 4 rings (SSSR count). The zero-order chi connectivity index (χ0) is 17.7. The maximum atomic E-state index is 13.1. The fourth-order valence-electron chi connectivity index (χ4n) is 2.87. The van der Waals surface area contributed by atoms with Crippen LogP contribution in [-0.4, -0.2) is 28.6 Å². The highest BCUT2D eigenvalue weighted by molar-refractivity contribution is 9.10. The number of anilines is 1. The first-order valence-electron chi connectivity index (χ1n) is 7.70. The lowest BCUT2D eigenvalue weighted by Gasteiger charge is -2.13. The lowest BCUT2D eigenvalue weighted by molar-refractivity contribution is 0.964. The molecule has 0 spiro atoms. The summed E-state index contributed by atoms with van der Waals surface area (Å²) in [5.74, 6) is 0. The number of nitrogens with zero attached hydrogens (tertiary/aromatic N) is 4. The summed E-state index contributed by atoms with van der Waals surface area (Å²) in [7, 11) is 3.95. The van der Waals surface area contributed by atoms with Gasteiger partial charge >= 0.3 is 0 Å². The number of fused-ring (bicyclic) bond motifs is 3. The number of rotatable bonds is 2. The van der Waals surface area contributed by atoms with Crippen LogP contribution in [0, 0.1) is 6.92 Å². The summed E-state index contributed by atoms with van der Waals surface area (Å²) < 4.78 is 3.23. The van der Waals surface area contributed by atoms with E-state index in [0.717, 1.165) is 31.6 Å². The monoisotopic (exact) mass is 414 g/mol. The summed E-state index contributed by atoms with van der Waals surface area (Å²) in [6.45, 7) is 2.00. The van der Waals surface area contributed by atoms with Crippen molar-refractivity contribution < 1.29 is 0 Å². The highest BCUT2D eigenvalue weighted by Gasteiger charge is 2.17. The van der Waals surface area contributed by atoms with Gasteiger partial charge in [0.05, 0.1) is 22.3 Å². The van der Waals surface area contributed by atoms with Crippen LogP contribution in [0.4, 0.5) is 5.69 Å². The van der Waals surface area contributed by atoms with Crippen LogP contribution in [0.5, 0.6) is 0 Å². The minimum Gasteiger partial charge on any atom is -0.377 e. The first-order valence-corrected chi connectivity index (χ1v) is 9.31. The Morgan fingerprint density at radius 3 is 2.72 bits per heavy atom. The molecule has 0 saturated carbocycles. The number of halogens is 1. The van der Waals surface area contributed by atoms with Gasteiger partial charge in [-0.2, -0.15) is 0 Å². The summed E-state index contributed by atoms with van der Waals surface area (Å²) >= 11 is 4.88. The number of benzene rings is 1. The standard InChI is InChI=1S/C18H15BrN4OS/c1-10-8-11(4-5-12(10)19)23-9-21-15-14-13(22(2)3)6-7-20-17(14)25-16(15)18(23)24/h4-9H,1-3H3. The van der Waals surface area contributed by atoms with E-state index in [4.69, 9.17) is 0 Å². The highest BCUT2D eigenvalue weighted by Crippen LogP contribution is 2.35. The summed E-state index contributed by atoms with van der Waals surface area (Å²) in [5, 5.41) is 0.934. The van der Waals surface area contributed by atoms with E-state index in [0.29, 0.717) is 10.2 Å². The van der Waals surface area contributed by atoms with E-state index in [1.165, 1.54) is 11.3 Å². The molecule has 5 nitrogen and oxygen atoms in total. The van der Waals surface area contributed by atoms with E-state index in [1.807, 2.05) is 50.2 Å². The molecule has 0 unspecified atom stereocenters. The first kappa shape index (κ1) is 16.2. The Morgan fingerprint density at radius 2 is 2.00 bits per heavy atom. The van der Waals surface area contributed by atoms with Gasteiger partial charge in [-0.1, -0.05) is 15.9 Å². The quantitative estimate of drug-likeness (QED) is 0.494. The molecule has 0 radical (unpaired) electrons. The molecule has 0 atom stereocenters. The van der Waals surface area contributed by atoms with Gasteiger partial charge in [0.25, 0.3) is 5.56 Å². The molecule has 7 heteroatoms. The van der Waals surface area contributed by atoms with Gasteiger partial charge in [0, 0.05) is 24.8 Å². The molecule has 3 heterocycles. The number of hydrogen-bond donors (Lipinski definition) is 0. The molecule has 0 bridgehead atoms. The Labute approximate surface area is 156 Å². The molecule has 4 aromatic rings. The third-order valence-electron chi connectivity index (χ3n) is 4.16. The second kappa shape index (κ2) is 5.93. The molecule has 3 aromatic heterocycles. The number of hydrogen-bond acceptors (Lipinski definition) is 5. The minimum absolute atomic E-state index is 0.0700. The van der Waals surface area contributed by atoms with Crippen molar-refractivity contribution in [3.05, 3.63) is 57.2 Å². The van der Waals surface area contributed by atoms with Crippen molar-refractivity contribution in [3.63, 3.8) is 0 Å². The highest BCUT2D eigenvalue weighted by atomic mass is 79.9. The number of thiophene rings is 1. The maximum absolute atomic E-state index is 13.1. The Bertz CT molecular complexity index is 1180. The van der Waals surface area contributed by atoms with Crippen molar-refractivity contribution >= 4 is 53.4 Å². The molecular formula is C18H15BrN4OS. The van der Waals surface area contributed by atoms with Crippen molar-refractivity contribution in [3.8, 4) is 5.69 Å². The average Bonchev–Trinajstić information content (AvgIpc) is 2.97. The predicted molar refractivity (Wildman–Crippen MR) is 107 cm³/mol. The van der Waals surface area contributed by atoms with Crippen molar-refractivity contribution in [2.75, 3.05) is 19.0 Å². The summed E-state index contributed by atoms with van der Waals surface area (Å²) in [6.07, 6.45) is 3.37. The van der Waals surface area contributed by atoms with Gasteiger partial charge in [-0.3, -0.25) is 9.36 Å². The lowest BCUT2D eigenvalue weighted by Crippen LogP contribution is -2.18. The number of pyridine rings is 1. The SMILES string of the molecule is Cc1cc(-n2cnc3c(sc4nccc(N(C)C)c43)c2=O)ccc1Br. The van der Waals surface area contributed by atoms with E-state index in [1.54, 1.807) is 17.1 Å². The van der Waals surface area contributed by atoms with Crippen molar-refractivity contribution in [1.82, 2.24) is 14.5 Å². The normalized spacial score (nSPS) is 11.4. The molecule has 0 aliphatic rings. The molecule has 0 saturated heterocycles. The van der Waals surface area contributed by atoms with Crippen LogP contribution >= 0.6 is 27.3 Å². The van der Waals surface area contributed by atoms with Gasteiger partial charge in [0.2, 0.25) is 0 Å². The summed E-state index contributed by atoms with van der Waals surface area (Å²) in [6, 6.07) is 7.76. The van der Waals surface area contributed by atoms with Crippen molar-refractivity contribution in [1.29, 1.82) is 0 Å². The van der Waals surface area contributed by atoms with Gasteiger partial charge in [0.1, 0.15) is 15.9 Å². The Kier molecular flexibility index (Phi) is 3.85. The molecule has 1 aromatic carbocycles. The van der Waals surface area contributed by atoms with Gasteiger partial charge in [-0.15, -0.1) is 11.3 Å². The van der Waals surface area contributed by atoms with E-state index in [2.05, 4.69) is 25.9 Å².